The Morgan fingerprint density at radius 1 is 1.21 bits per heavy atom. The van der Waals surface area contributed by atoms with Gasteiger partial charge in [-0.05, 0) is 0 Å². The van der Waals surface area contributed by atoms with E-state index in [1.165, 1.54) is 14.2 Å². The van der Waals surface area contributed by atoms with Crippen molar-refractivity contribution in [3.8, 4) is 0 Å². The van der Waals surface area contributed by atoms with Crippen molar-refractivity contribution in [2.45, 2.75) is 30.7 Å². The quantitative estimate of drug-likeness (QED) is 0.467. The molecule has 0 spiro atoms. The van der Waals surface area contributed by atoms with Crippen molar-refractivity contribution >= 4 is 0 Å². The van der Waals surface area contributed by atoms with Crippen LogP contribution < -0.4 is 0 Å². The molecule has 0 aromatic rings. The van der Waals surface area contributed by atoms with Gasteiger partial charge in [-0.3, -0.25) is 0 Å². The summed E-state index contributed by atoms with van der Waals surface area (Å²) in [6.45, 7) is -0.352. The number of aliphatic hydroxyl groups excluding tert-OH is 3. The molecule has 1 aliphatic heterocycles. The van der Waals surface area contributed by atoms with E-state index < -0.39 is 30.7 Å². The number of aliphatic hydroxyl groups is 3. The van der Waals surface area contributed by atoms with Crippen LogP contribution in [-0.2, 0) is 14.2 Å². The van der Waals surface area contributed by atoms with E-state index in [2.05, 4.69) is 0 Å². The lowest BCUT2D eigenvalue weighted by Gasteiger charge is -2.22. The molecule has 0 saturated carbocycles. The molecule has 0 radical (unpaired) electrons. The number of ether oxygens (including phenoxy) is 3. The van der Waals surface area contributed by atoms with Crippen LogP contribution in [0.4, 0.5) is 0 Å². The Labute approximate surface area is 82.0 Å². The Kier molecular flexibility index (Phi) is 4.24. The highest BCUT2D eigenvalue weighted by molar-refractivity contribution is 4.91. The summed E-state index contributed by atoms with van der Waals surface area (Å²) in [7, 11) is 2.81. The Bertz CT molecular complexity index is 171. The molecule has 1 aliphatic rings. The molecule has 4 atom stereocenters. The summed E-state index contributed by atoms with van der Waals surface area (Å²) < 4.78 is 15.0. The Morgan fingerprint density at radius 3 is 2.14 bits per heavy atom. The molecule has 3 N–H and O–H groups in total. The fourth-order valence-corrected chi connectivity index (χ4v) is 1.52. The molecule has 0 aromatic heterocycles. The lowest BCUT2D eigenvalue weighted by molar-refractivity contribution is -0.193. The maximum absolute atomic E-state index is 9.55. The van der Waals surface area contributed by atoms with Gasteiger partial charge in [0.25, 0.3) is 0 Å². The van der Waals surface area contributed by atoms with Crippen molar-refractivity contribution in [1.82, 2.24) is 0 Å². The monoisotopic (exact) mass is 208 g/mol. The molecule has 14 heavy (non-hydrogen) atoms. The van der Waals surface area contributed by atoms with Crippen LogP contribution in [0.3, 0.4) is 0 Å². The lowest BCUT2D eigenvalue weighted by atomic mass is 10.1. The van der Waals surface area contributed by atoms with Crippen LogP contribution >= 0.6 is 0 Å². The lowest BCUT2D eigenvalue weighted by Crippen LogP contribution is -2.40. The van der Waals surface area contributed by atoms with E-state index >= 15 is 0 Å². The van der Waals surface area contributed by atoms with Gasteiger partial charge < -0.3 is 29.5 Å². The van der Waals surface area contributed by atoms with E-state index in [9.17, 15) is 10.2 Å². The Morgan fingerprint density at radius 2 is 1.79 bits per heavy atom. The van der Waals surface area contributed by atoms with Gasteiger partial charge in [0.15, 0.2) is 6.29 Å². The van der Waals surface area contributed by atoms with Crippen LogP contribution in [-0.4, -0.2) is 66.9 Å². The molecule has 1 heterocycles. The third kappa shape index (κ3) is 2.05. The van der Waals surface area contributed by atoms with E-state index in [1.54, 1.807) is 0 Å². The van der Waals surface area contributed by atoms with Crippen molar-refractivity contribution in [3.05, 3.63) is 0 Å². The predicted molar refractivity (Wildman–Crippen MR) is 45.6 cm³/mol. The zero-order chi connectivity index (χ0) is 10.7. The average Bonchev–Trinajstić information content (AvgIpc) is 2.48. The zero-order valence-electron chi connectivity index (χ0n) is 8.16. The molecule has 1 unspecified atom stereocenters. The van der Waals surface area contributed by atoms with Crippen LogP contribution in [0.25, 0.3) is 0 Å². The van der Waals surface area contributed by atoms with E-state index in [0.717, 1.165) is 0 Å². The summed E-state index contributed by atoms with van der Waals surface area (Å²) in [4.78, 5) is 0. The minimum absolute atomic E-state index is 0.352. The summed E-state index contributed by atoms with van der Waals surface area (Å²) >= 11 is 0. The number of hydrogen-bond donors (Lipinski definition) is 3. The average molecular weight is 208 g/mol. The Hall–Kier alpha value is -0.240. The molecule has 1 fully saturated rings. The van der Waals surface area contributed by atoms with Crippen molar-refractivity contribution in [3.63, 3.8) is 0 Å². The molecule has 0 aliphatic carbocycles. The standard InChI is InChI=1S/C8H16O6/c1-12-8(13-2)7-6(11)5(10)4(3-9)14-7/h4-11H,3H2,1-2H3/t4-,5-,6+,7?/m0/s1. The third-order valence-electron chi connectivity index (χ3n) is 2.31. The molecule has 0 amide bonds. The molecular formula is C8H16O6. The zero-order valence-corrected chi connectivity index (χ0v) is 8.16. The minimum Gasteiger partial charge on any atom is -0.394 e. The van der Waals surface area contributed by atoms with Gasteiger partial charge >= 0.3 is 0 Å². The number of hydrogen-bond acceptors (Lipinski definition) is 6. The van der Waals surface area contributed by atoms with Gasteiger partial charge in [0.1, 0.15) is 24.4 Å². The Balaban J connectivity index is 2.63. The van der Waals surface area contributed by atoms with E-state index in [1.807, 2.05) is 0 Å². The van der Waals surface area contributed by atoms with Gasteiger partial charge in [0.2, 0.25) is 0 Å². The second-order valence-electron chi connectivity index (χ2n) is 3.14. The van der Waals surface area contributed by atoms with Gasteiger partial charge in [0, 0.05) is 14.2 Å². The van der Waals surface area contributed by atoms with Crippen LogP contribution in [0.15, 0.2) is 0 Å². The first-order valence-corrected chi connectivity index (χ1v) is 4.33. The highest BCUT2D eigenvalue weighted by atomic mass is 16.7. The van der Waals surface area contributed by atoms with E-state index in [4.69, 9.17) is 19.3 Å². The summed E-state index contributed by atoms with van der Waals surface area (Å²) in [5.74, 6) is 0. The first kappa shape index (κ1) is 11.8. The van der Waals surface area contributed by atoms with Crippen LogP contribution in [0, 0.1) is 0 Å². The summed E-state index contributed by atoms with van der Waals surface area (Å²) in [6, 6.07) is 0. The van der Waals surface area contributed by atoms with Gasteiger partial charge in [-0.25, -0.2) is 0 Å². The highest BCUT2D eigenvalue weighted by Gasteiger charge is 2.46. The predicted octanol–water partition coefficient (Wildman–Crippen LogP) is -1.91. The molecule has 0 bridgehead atoms. The van der Waals surface area contributed by atoms with Gasteiger partial charge in [-0.2, -0.15) is 0 Å². The minimum atomic E-state index is -1.11. The van der Waals surface area contributed by atoms with Crippen LogP contribution in [0.5, 0.6) is 0 Å². The number of methoxy groups -OCH3 is 2. The van der Waals surface area contributed by atoms with Gasteiger partial charge in [0.05, 0.1) is 6.61 Å². The van der Waals surface area contributed by atoms with Gasteiger partial charge in [-0.15, -0.1) is 0 Å². The maximum atomic E-state index is 9.55. The van der Waals surface area contributed by atoms with Crippen LogP contribution in [0.1, 0.15) is 0 Å². The molecular weight excluding hydrogens is 192 g/mol. The molecule has 6 heteroatoms. The van der Waals surface area contributed by atoms with E-state index in [-0.39, 0.29) is 6.61 Å². The molecule has 1 saturated heterocycles. The molecule has 6 nitrogen and oxygen atoms in total. The van der Waals surface area contributed by atoms with Crippen molar-refractivity contribution in [2.24, 2.45) is 0 Å². The fraction of sp³-hybridized carbons (Fsp3) is 1.00. The first-order valence-electron chi connectivity index (χ1n) is 4.33. The van der Waals surface area contributed by atoms with Gasteiger partial charge in [-0.1, -0.05) is 0 Å². The van der Waals surface area contributed by atoms with Crippen LogP contribution in [0.2, 0.25) is 0 Å². The second kappa shape index (κ2) is 5.01. The highest BCUT2D eigenvalue weighted by Crippen LogP contribution is 2.24. The number of rotatable bonds is 4. The maximum Gasteiger partial charge on any atom is 0.185 e. The topological polar surface area (TPSA) is 88.4 Å². The molecule has 1 rings (SSSR count). The first-order chi connectivity index (χ1) is 6.65. The van der Waals surface area contributed by atoms with Crippen molar-refractivity contribution in [2.75, 3.05) is 20.8 Å². The second-order valence-corrected chi connectivity index (χ2v) is 3.14. The summed E-state index contributed by atoms with van der Waals surface area (Å²) in [6.07, 6.45) is -4.55. The summed E-state index contributed by atoms with van der Waals surface area (Å²) in [5.41, 5.74) is 0. The van der Waals surface area contributed by atoms with Crippen molar-refractivity contribution in [1.29, 1.82) is 0 Å². The smallest absolute Gasteiger partial charge is 0.185 e. The largest absolute Gasteiger partial charge is 0.394 e. The normalized spacial score (nSPS) is 38.1. The molecule has 84 valence electrons. The van der Waals surface area contributed by atoms with Crippen molar-refractivity contribution < 1.29 is 29.5 Å². The SMILES string of the molecule is COC(OC)C1O[C@@H](CO)[C@H](O)[C@H]1O. The third-order valence-corrected chi connectivity index (χ3v) is 2.31. The summed E-state index contributed by atoms with van der Waals surface area (Å²) in [5, 5.41) is 27.8. The fourth-order valence-electron chi connectivity index (χ4n) is 1.52. The molecule has 0 aromatic carbocycles. The van der Waals surface area contributed by atoms with E-state index in [0.29, 0.717) is 0 Å².